The monoisotopic (exact) mass is 356 g/mol. The maximum Gasteiger partial charge on any atom is 0.175 e. The Balaban J connectivity index is 2.08. The van der Waals surface area contributed by atoms with Gasteiger partial charge in [0.2, 0.25) is 0 Å². The lowest BCUT2D eigenvalue weighted by Crippen LogP contribution is -2.16. The Bertz CT molecular complexity index is 462. The summed E-state index contributed by atoms with van der Waals surface area (Å²) < 4.78 is 12.1. The first-order valence-corrected chi connectivity index (χ1v) is 8.72. The summed E-state index contributed by atoms with van der Waals surface area (Å²) in [5.74, 6) is 2.05. The van der Waals surface area contributed by atoms with Crippen molar-refractivity contribution in [1.82, 2.24) is 0 Å². The standard InChI is InChI=1S/C17H25BrO3/c1-3-5-6-12(4-2)9-15(19)13-10-14(18)17-16(11-13)20-7-8-21-17/h10-12,15,19H,3-9H2,1-2H3. The summed E-state index contributed by atoms with van der Waals surface area (Å²) >= 11 is 3.51. The van der Waals surface area contributed by atoms with Gasteiger partial charge in [-0.15, -0.1) is 0 Å². The van der Waals surface area contributed by atoms with E-state index in [1.54, 1.807) is 0 Å². The van der Waals surface area contributed by atoms with Gasteiger partial charge in [-0.05, 0) is 46.0 Å². The van der Waals surface area contributed by atoms with Gasteiger partial charge < -0.3 is 14.6 Å². The van der Waals surface area contributed by atoms with Crippen molar-refractivity contribution in [1.29, 1.82) is 0 Å². The number of hydrogen-bond acceptors (Lipinski definition) is 3. The number of aliphatic hydroxyl groups is 1. The average Bonchev–Trinajstić information content (AvgIpc) is 2.51. The Morgan fingerprint density at radius 2 is 2.00 bits per heavy atom. The van der Waals surface area contributed by atoms with E-state index in [0.29, 0.717) is 19.1 Å². The molecule has 0 aromatic heterocycles. The molecule has 0 saturated heterocycles. The van der Waals surface area contributed by atoms with Gasteiger partial charge in [0.05, 0.1) is 10.6 Å². The van der Waals surface area contributed by atoms with Crippen LogP contribution in [-0.4, -0.2) is 18.3 Å². The summed E-state index contributed by atoms with van der Waals surface area (Å²) in [5, 5.41) is 10.5. The summed E-state index contributed by atoms with van der Waals surface area (Å²) in [4.78, 5) is 0. The van der Waals surface area contributed by atoms with Gasteiger partial charge in [-0.1, -0.05) is 39.5 Å². The van der Waals surface area contributed by atoms with Crippen LogP contribution in [0.1, 0.15) is 57.6 Å². The Hall–Kier alpha value is -0.740. The fourth-order valence-corrected chi connectivity index (χ4v) is 3.33. The molecule has 4 heteroatoms. The second-order valence-corrected chi connectivity index (χ2v) is 6.55. The van der Waals surface area contributed by atoms with E-state index in [4.69, 9.17) is 9.47 Å². The van der Waals surface area contributed by atoms with Crippen LogP contribution in [0.2, 0.25) is 0 Å². The van der Waals surface area contributed by atoms with Crippen LogP contribution in [0, 0.1) is 5.92 Å². The summed E-state index contributed by atoms with van der Waals surface area (Å²) in [5.41, 5.74) is 0.904. The molecule has 1 aliphatic rings. The first kappa shape index (κ1) is 16.6. The predicted octanol–water partition coefficient (Wildman–Crippen LogP) is 4.86. The van der Waals surface area contributed by atoms with Crippen LogP contribution in [0.15, 0.2) is 16.6 Å². The number of benzene rings is 1. The van der Waals surface area contributed by atoms with E-state index in [0.717, 1.165) is 34.4 Å². The highest BCUT2D eigenvalue weighted by molar-refractivity contribution is 9.10. The number of halogens is 1. The number of ether oxygens (including phenoxy) is 2. The van der Waals surface area contributed by atoms with Gasteiger partial charge in [0.25, 0.3) is 0 Å². The van der Waals surface area contributed by atoms with Gasteiger partial charge in [0, 0.05) is 0 Å². The zero-order chi connectivity index (χ0) is 15.2. The lowest BCUT2D eigenvalue weighted by molar-refractivity contribution is 0.136. The molecule has 0 spiro atoms. The number of hydrogen-bond donors (Lipinski definition) is 1. The SMILES string of the molecule is CCCCC(CC)CC(O)c1cc(Br)c2c(c1)OCCO2. The minimum atomic E-state index is -0.445. The molecule has 0 fully saturated rings. The molecule has 0 amide bonds. The summed E-state index contributed by atoms with van der Waals surface area (Å²) in [6.45, 7) is 5.54. The van der Waals surface area contributed by atoms with Crippen molar-refractivity contribution in [3.63, 3.8) is 0 Å². The fraction of sp³-hybridized carbons (Fsp3) is 0.647. The molecule has 1 N–H and O–H groups in total. The minimum absolute atomic E-state index is 0.445. The first-order chi connectivity index (χ1) is 10.2. The Kier molecular flexibility index (Phi) is 6.37. The van der Waals surface area contributed by atoms with Crippen LogP contribution in [-0.2, 0) is 0 Å². The molecule has 0 bridgehead atoms. The van der Waals surface area contributed by atoms with Crippen molar-refractivity contribution in [2.75, 3.05) is 13.2 Å². The third kappa shape index (κ3) is 4.36. The van der Waals surface area contributed by atoms with E-state index in [1.165, 1.54) is 19.3 Å². The van der Waals surface area contributed by atoms with E-state index in [9.17, 15) is 5.11 Å². The van der Waals surface area contributed by atoms with Gasteiger partial charge in [0.15, 0.2) is 11.5 Å². The van der Waals surface area contributed by atoms with Crippen LogP contribution in [0.3, 0.4) is 0 Å². The zero-order valence-electron chi connectivity index (χ0n) is 12.9. The molecule has 1 aromatic rings. The molecule has 2 atom stereocenters. The molecular formula is C17H25BrO3. The molecule has 2 unspecified atom stereocenters. The van der Waals surface area contributed by atoms with Crippen molar-refractivity contribution < 1.29 is 14.6 Å². The second-order valence-electron chi connectivity index (χ2n) is 5.69. The quantitative estimate of drug-likeness (QED) is 0.757. The highest BCUT2D eigenvalue weighted by Crippen LogP contribution is 2.41. The molecule has 21 heavy (non-hydrogen) atoms. The van der Waals surface area contributed by atoms with E-state index in [2.05, 4.69) is 29.8 Å². The number of unbranched alkanes of at least 4 members (excludes halogenated alkanes) is 1. The van der Waals surface area contributed by atoms with E-state index in [-0.39, 0.29) is 0 Å². The molecule has 0 radical (unpaired) electrons. The van der Waals surface area contributed by atoms with Crippen LogP contribution >= 0.6 is 15.9 Å². The maximum absolute atomic E-state index is 10.5. The number of fused-ring (bicyclic) bond motifs is 1. The van der Waals surface area contributed by atoms with Crippen molar-refractivity contribution in [3.05, 3.63) is 22.2 Å². The molecule has 1 aromatic carbocycles. The minimum Gasteiger partial charge on any atom is -0.486 e. The smallest absolute Gasteiger partial charge is 0.175 e. The molecule has 118 valence electrons. The Morgan fingerprint density at radius 3 is 2.71 bits per heavy atom. The molecule has 3 nitrogen and oxygen atoms in total. The van der Waals surface area contributed by atoms with Gasteiger partial charge >= 0.3 is 0 Å². The maximum atomic E-state index is 10.5. The van der Waals surface area contributed by atoms with Crippen LogP contribution in [0.5, 0.6) is 11.5 Å². The predicted molar refractivity (Wildman–Crippen MR) is 88.0 cm³/mol. The van der Waals surface area contributed by atoms with E-state index in [1.807, 2.05) is 12.1 Å². The number of aliphatic hydroxyl groups excluding tert-OH is 1. The van der Waals surface area contributed by atoms with Crippen molar-refractivity contribution in [2.45, 2.75) is 52.1 Å². The lowest BCUT2D eigenvalue weighted by atomic mass is 9.90. The lowest BCUT2D eigenvalue weighted by Gasteiger charge is -2.23. The van der Waals surface area contributed by atoms with Crippen LogP contribution in [0.25, 0.3) is 0 Å². The topological polar surface area (TPSA) is 38.7 Å². The Labute approximate surface area is 135 Å². The summed E-state index contributed by atoms with van der Waals surface area (Å²) in [6.07, 6.45) is 5.11. The molecule has 1 aliphatic heterocycles. The number of rotatable bonds is 7. The highest BCUT2D eigenvalue weighted by Gasteiger charge is 2.21. The first-order valence-electron chi connectivity index (χ1n) is 7.92. The highest BCUT2D eigenvalue weighted by atomic mass is 79.9. The summed E-state index contributed by atoms with van der Waals surface area (Å²) in [7, 11) is 0. The molecule has 0 aliphatic carbocycles. The fourth-order valence-electron chi connectivity index (χ4n) is 2.76. The third-order valence-corrected chi connectivity index (χ3v) is 4.69. The van der Waals surface area contributed by atoms with Crippen molar-refractivity contribution >= 4 is 15.9 Å². The molecule has 0 saturated carbocycles. The van der Waals surface area contributed by atoms with Crippen LogP contribution < -0.4 is 9.47 Å². The van der Waals surface area contributed by atoms with Crippen molar-refractivity contribution in [3.8, 4) is 11.5 Å². The normalized spacial score (nSPS) is 16.6. The molecular weight excluding hydrogens is 332 g/mol. The van der Waals surface area contributed by atoms with E-state index >= 15 is 0 Å². The van der Waals surface area contributed by atoms with Gasteiger partial charge in [-0.2, -0.15) is 0 Å². The zero-order valence-corrected chi connectivity index (χ0v) is 14.5. The molecule has 2 rings (SSSR count). The Morgan fingerprint density at radius 1 is 1.24 bits per heavy atom. The van der Waals surface area contributed by atoms with Crippen molar-refractivity contribution in [2.24, 2.45) is 5.92 Å². The average molecular weight is 357 g/mol. The van der Waals surface area contributed by atoms with Crippen LogP contribution in [0.4, 0.5) is 0 Å². The van der Waals surface area contributed by atoms with E-state index < -0.39 is 6.10 Å². The van der Waals surface area contributed by atoms with Gasteiger partial charge in [-0.25, -0.2) is 0 Å². The largest absolute Gasteiger partial charge is 0.486 e. The molecule has 1 heterocycles. The second kappa shape index (κ2) is 8.04. The van der Waals surface area contributed by atoms with Gasteiger partial charge in [-0.3, -0.25) is 0 Å². The summed E-state index contributed by atoms with van der Waals surface area (Å²) in [6, 6.07) is 3.86. The van der Waals surface area contributed by atoms with Gasteiger partial charge in [0.1, 0.15) is 13.2 Å². The third-order valence-electron chi connectivity index (χ3n) is 4.10.